The van der Waals surface area contributed by atoms with Crippen molar-refractivity contribution in [2.24, 2.45) is 5.92 Å². The van der Waals surface area contributed by atoms with Crippen molar-refractivity contribution in [3.8, 4) is 0 Å². The zero-order chi connectivity index (χ0) is 23.9. The van der Waals surface area contributed by atoms with E-state index in [1.165, 1.54) is 23.1 Å². The molecule has 1 aromatic heterocycles. The van der Waals surface area contributed by atoms with Gasteiger partial charge in [-0.3, -0.25) is 14.4 Å². The fraction of sp³-hybridized carbons (Fsp3) is 0.280. The SMILES string of the molecule is CCOC(=O)Cc1csc(NC(=O)C(Sc2cccc(NC(=O)C3CC3)c2)c2ccccc2)n1. The van der Waals surface area contributed by atoms with Gasteiger partial charge in [-0.1, -0.05) is 36.4 Å². The zero-order valence-corrected chi connectivity index (χ0v) is 20.3. The highest BCUT2D eigenvalue weighted by molar-refractivity contribution is 8.00. The summed E-state index contributed by atoms with van der Waals surface area (Å²) in [5.74, 6) is -0.411. The van der Waals surface area contributed by atoms with E-state index in [4.69, 9.17) is 4.74 Å². The Morgan fingerprint density at radius 2 is 1.91 bits per heavy atom. The van der Waals surface area contributed by atoms with Gasteiger partial charge in [0.25, 0.3) is 0 Å². The Balaban J connectivity index is 1.47. The molecule has 34 heavy (non-hydrogen) atoms. The van der Waals surface area contributed by atoms with Gasteiger partial charge in [-0.25, -0.2) is 4.98 Å². The molecular weight excluding hydrogens is 470 g/mol. The minimum Gasteiger partial charge on any atom is -0.466 e. The van der Waals surface area contributed by atoms with Crippen LogP contribution in [0.1, 0.15) is 36.3 Å². The molecule has 1 fully saturated rings. The van der Waals surface area contributed by atoms with Crippen molar-refractivity contribution in [1.29, 1.82) is 0 Å². The quantitative estimate of drug-likeness (QED) is 0.301. The number of nitrogens with zero attached hydrogens (tertiary/aromatic N) is 1. The van der Waals surface area contributed by atoms with Crippen molar-refractivity contribution in [3.63, 3.8) is 0 Å². The van der Waals surface area contributed by atoms with Crippen LogP contribution in [0.2, 0.25) is 0 Å². The number of benzene rings is 2. The molecule has 2 N–H and O–H groups in total. The van der Waals surface area contributed by atoms with Crippen LogP contribution >= 0.6 is 23.1 Å². The molecule has 3 aromatic rings. The van der Waals surface area contributed by atoms with Crippen molar-refractivity contribution in [3.05, 3.63) is 71.2 Å². The first-order valence-electron chi connectivity index (χ1n) is 11.0. The summed E-state index contributed by atoms with van der Waals surface area (Å²) in [6.07, 6.45) is 1.94. The lowest BCUT2D eigenvalue weighted by molar-refractivity contribution is -0.142. The van der Waals surface area contributed by atoms with Crippen LogP contribution in [-0.2, 0) is 25.5 Å². The molecule has 2 amide bonds. The van der Waals surface area contributed by atoms with Gasteiger partial charge in [0.15, 0.2) is 5.13 Å². The van der Waals surface area contributed by atoms with Crippen molar-refractivity contribution in [1.82, 2.24) is 4.98 Å². The molecule has 4 rings (SSSR count). The van der Waals surface area contributed by atoms with E-state index in [1.807, 2.05) is 54.6 Å². The number of hydrogen-bond donors (Lipinski definition) is 2. The molecule has 0 radical (unpaired) electrons. The van der Waals surface area contributed by atoms with Crippen LogP contribution in [0, 0.1) is 5.92 Å². The molecule has 0 spiro atoms. The largest absolute Gasteiger partial charge is 0.466 e. The highest BCUT2D eigenvalue weighted by atomic mass is 32.2. The Bertz CT molecular complexity index is 1160. The van der Waals surface area contributed by atoms with Crippen LogP contribution in [0.15, 0.2) is 64.9 Å². The summed E-state index contributed by atoms with van der Waals surface area (Å²) in [7, 11) is 0. The zero-order valence-electron chi connectivity index (χ0n) is 18.7. The number of esters is 1. The Morgan fingerprint density at radius 3 is 2.65 bits per heavy atom. The molecule has 0 aliphatic heterocycles. The fourth-order valence-electron chi connectivity index (χ4n) is 3.25. The summed E-state index contributed by atoms with van der Waals surface area (Å²) in [5.41, 5.74) is 2.13. The Labute approximate surface area is 206 Å². The summed E-state index contributed by atoms with van der Waals surface area (Å²) >= 11 is 2.67. The smallest absolute Gasteiger partial charge is 0.311 e. The lowest BCUT2D eigenvalue weighted by atomic mass is 10.1. The number of aromatic nitrogens is 1. The van der Waals surface area contributed by atoms with Gasteiger partial charge in [0.05, 0.1) is 18.7 Å². The van der Waals surface area contributed by atoms with E-state index in [0.29, 0.717) is 17.4 Å². The molecule has 7 nitrogen and oxygen atoms in total. The summed E-state index contributed by atoms with van der Waals surface area (Å²) in [6.45, 7) is 2.07. The Morgan fingerprint density at radius 1 is 1.12 bits per heavy atom. The van der Waals surface area contributed by atoms with E-state index in [1.54, 1.807) is 12.3 Å². The van der Waals surface area contributed by atoms with E-state index in [2.05, 4.69) is 15.6 Å². The molecule has 0 saturated heterocycles. The minimum absolute atomic E-state index is 0.0434. The predicted molar refractivity (Wildman–Crippen MR) is 134 cm³/mol. The van der Waals surface area contributed by atoms with Gasteiger partial charge in [-0.2, -0.15) is 0 Å². The van der Waals surface area contributed by atoms with Crippen LogP contribution in [-0.4, -0.2) is 29.4 Å². The molecule has 1 aliphatic rings. The van der Waals surface area contributed by atoms with Crippen molar-refractivity contribution in [2.45, 2.75) is 36.3 Å². The van der Waals surface area contributed by atoms with Gasteiger partial charge in [-0.05, 0) is 43.5 Å². The maximum Gasteiger partial charge on any atom is 0.311 e. The third-order valence-corrected chi connectivity index (χ3v) is 7.11. The van der Waals surface area contributed by atoms with E-state index in [-0.39, 0.29) is 30.1 Å². The van der Waals surface area contributed by atoms with Crippen LogP contribution in [0.4, 0.5) is 10.8 Å². The van der Waals surface area contributed by atoms with Crippen molar-refractivity contribution < 1.29 is 19.1 Å². The van der Waals surface area contributed by atoms with Crippen LogP contribution in [0.3, 0.4) is 0 Å². The second-order valence-electron chi connectivity index (χ2n) is 7.81. The van der Waals surface area contributed by atoms with Gasteiger partial charge < -0.3 is 15.4 Å². The highest BCUT2D eigenvalue weighted by Crippen LogP contribution is 2.38. The van der Waals surface area contributed by atoms with Gasteiger partial charge in [0, 0.05) is 21.9 Å². The molecule has 1 heterocycles. The number of hydrogen-bond acceptors (Lipinski definition) is 7. The Kier molecular flexibility index (Phi) is 7.97. The third-order valence-electron chi connectivity index (χ3n) is 5.06. The summed E-state index contributed by atoms with van der Waals surface area (Å²) in [4.78, 5) is 42.3. The topological polar surface area (TPSA) is 97.4 Å². The summed E-state index contributed by atoms with van der Waals surface area (Å²) in [6, 6.07) is 17.0. The lowest BCUT2D eigenvalue weighted by Gasteiger charge is -2.17. The number of carbonyl (C=O) groups excluding carboxylic acids is 3. The maximum atomic E-state index is 13.3. The molecule has 0 bridgehead atoms. The molecule has 2 aromatic carbocycles. The monoisotopic (exact) mass is 495 g/mol. The summed E-state index contributed by atoms with van der Waals surface area (Å²) < 4.78 is 4.96. The number of amides is 2. The third kappa shape index (κ3) is 6.68. The Hall–Kier alpha value is -3.17. The average Bonchev–Trinajstić information content (AvgIpc) is 3.60. The number of ether oxygens (including phenoxy) is 1. The van der Waals surface area contributed by atoms with Crippen LogP contribution in [0.5, 0.6) is 0 Å². The first kappa shape index (κ1) is 24.0. The molecule has 1 saturated carbocycles. The molecule has 1 aliphatic carbocycles. The number of anilines is 2. The van der Waals surface area contributed by atoms with Crippen molar-refractivity contribution in [2.75, 3.05) is 17.2 Å². The number of nitrogens with one attached hydrogen (secondary N) is 2. The maximum absolute atomic E-state index is 13.3. The lowest BCUT2D eigenvalue weighted by Crippen LogP contribution is -2.19. The molecular formula is C25H25N3O4S2. The van der Waals surface area contributed by atoms with E-state index in [9.17, 15) is 14.4 Å². The van der Waals surface area contributed by atoms with Gasteiger partial charge in [0.2, 0.25) is 11.8 Å². The second kappa shape index (κ2) is 11.3. The van der Waals surface area contributed by atoms with Crippen molar-refractivity contribution >= 4 is 51.7 Å². The first-order valence-corrected chi connectivity index (χ1v) is 12.8. The highest BCUT2D eigenvalue weighted by Gasteiger charge is 2.29. The molecule has 176 valence electrons. The summed E-state index contributed by atoms with van der Waals surface area (Å²) in [5, 5.41) is 7.47. The molecule has 1 unspecified atom stereocenters. The molecule has 1 atom stereocenters. The number of carbonyl (C=O) groups is 3. The van der Waals surface area contributed by atoms with Crippen LogP contribution in [0.25, 0.3) is 0 Å². The normalized spacial score (nSPS) is 13.7. The second-order valence-corrected chi connectivity index (χ2v) is 9.85. The standard InChI is InChI=1S/C25H25N3O4S2/c1-2-32-21(29)14-19-15-33-25(27-19)28-24(31)22(16-7-4-3-5-8-16)34-20-10-6-9-18(13-20)26-23(30)17-11-12-17/h3-10,13,15,17,22H,2,11-12,14H2,1H3,(H,26,30)(H,27,28,31). The van der Waals surface area contributed by atoms with E-state index < -0.39 is 5.25 Å². The van der Waals surface area contributed by atoms with Crippen LogP contribution < -0.4 is 10.6 Å². The number of rotatable bonds is 10. The van der Waals surface area contributed by atoms with Gasteiger partial charge in [0.1, 0.15) is 5.25 Å². The number of thiazole rings is 1. The fourth-order valence-corrected chi connectivity index (χ4v) is 5.05. The minimum atomic E-state index is -0.534. The van der Waals surface area contributed by atoms with E-state index in [0.717, 1.165) is 29.0 Å². The van der Waals surface area contributed by atoms with E-state index >= 15 is 0 Å². The predicted octanol–water partition coefficient (Wildman–Crippen LogP) is 5.07. The first-order chi connectivity index (χ1) is 16.5. The average molecular weight is 496 g/mol. The van der Waals surface area contributed by atoms with Gasteiger partial charge >= 0.3 is 5.97 Å². The van der Waals surface area contributed by atoms with Gasteiger partial charge in [-0.15, -0.1) is 23.1 Å². The molecule has 9 heteroatoms. The number of thioether (sulfide) groups is 1.